The van der Waals surface area contributed by atoms with Gasteiger partial charge in [0, 0.05) is 33.4 Å². The molecular formula is C21H21Cl3N4OS. The summed E-state index contributed by atoms with van der Waals surface area (Å²) >= 11 is 19.7. The van der Waals surface area contributed by atoms with Crippen LogP contribution in [0.4, 0.5) is 0 Å². The zero-order valence-electron chi connectivity index (χ0n) is 16.7. The van der Waals surface area contributed by atoms with Gasteiger partial charge in [-0.25, -0.2) is 0 Å². The molecule has 9 heteroatoms. The molecule has 5 nitrogen and oxygen atoms in total. The number of hydrogen-bond donors (Lipinski definition) is 1. The molecule has 2 aromatic carbocycles. The average Bonchev–Trinajstić information content (AvgIpc) is 3.06. The molecule has 0 aliphatic heterocycles. The van der Waals surface area contributed by atoms with Crippen molar-refractivity contribution in [1.82, 2.24) is 20.1 Å². The average molecular weight is 484 g/mol. The van der Waals surface area contributed by atoms with Gasteiger partial charge in [0.1, 0.15) is 0 Å². The molecular weight excluding hydrogens is 463 g/mol. The van der Waals surface area contributed by atoms with Gasteiger partial charge in [0.25, 0.3) is 5.91 Å². The lowest BCUT2D eigenvalue weighted by atomic mass is 10.0. The number of carbonyl (C=O) groups excluding carboxylic acids is 1. The first kappa shape index (κ1) is 22.9. The second-order valence-corrected chi connectivity index (χ2v) is 9.35. The number of amides is 1. The molecule has 0 spiro atoms. The maximum Gasteiger partial charge on any atom is 0.251 e. The van der Waals surface area contributed by atoms with Crippen molar-refractivity contribution < 1.29 is 4.79 Å². The summed E-state index contributed by atoms with van der Waals surface area (Å²) in [4.78, 5) is 12.7. The first-order chi connectivity index (χ1) is 14.3. The Balaban J connectivity index is 1.75. The molecule has 0 aliphatic carbocycles. The van der Waals surface area contributed by atoms with Crippen LogP contribution in [0, 0.1) is 5.92 Å². The molecule has 1 atom stereocenters. The highest BCUT2D eigenvalue weighted by Crippen LogP contribution is 2.29. The van der Waals surface area contributed by atoms with Gasteiger partial charge in [-0.15, -0.1) is 10.2 Å². The fraction of sp³-hybridized carbons (Fsp3) is 0.286. The van der Waals surface area contributed by atoms with Crippen LogP contribution in [0.15, 0.2) is 47.6 Å². The number of thioether (sulfide) groups is 1. The standard InChI is InChI=1S/C21H21Cl3N4OS/c1-12(2)18(25-20(29)13-4-7-15(22)8-5-13)19-26-27-21(28(19)3)30-11-14-6-9-16(23)10-17(14)24/h4-10,12,18H,11H2,1-3H3,(H,25,29)/t18-/m1/s1. The smallest absolute Gasteiger partial charge is 0.251 e. The zero-order chi connectivity index (χ0) is 21.8. The van der Waals surface area contributed by atoms with Crippen LogP contribution in [-0.4, -0.2) is 20.7 Å². The van der Waals surface area contributed by atoms with Gasteiger partial charge >= 0.3 is 0 Å². The molecule has 1 aromatic heterocycles. The van der Waals surface area contributed by atoms with Crippen LogP contribution < -0.4 is 5.32 Å². The van der Waals surface area contributed by atoms with Crippen molar-refractivity contribution in [1.29, 1.82) is 0 Å². The third-order valence-electron chi connectivity index (χ3n) is 4.58. The summed E-state index contributed by atoms with van der Waals surface area (Å²) in [6.07, 6.45) is 0. The Morgan fingerprint density at radius 1 is 1.07 bits per heavy atom. The second kappa shape index (κ2) is 10.1. The lowest BCUT2D eigenvalue weighted by molar-refractivity contribution is 0.0922. The molecule has 0 fully saturated rings. The summed E-state index contributed by atoms with van der Waals surface area (Å²) in [5.74, 6) is 1.26. The third-order valence-corrected chi connectivity index (χ3v) is 6.49. The van der Waals surface area contributed by atoms with Gasteiger partial charge in [-0.05, 0) is 47.9 Å². The van der Waals surface area contributed by atoms with Crippen molar-refractivity contribution in [2.45, 2.75) is 30.8 Å². The van der Waals surface area contributed by atoms with Crippen LogP contribution in [0.2, 0.25) is 15.1 Å². The predicted octanol–water partition coefficient (Wildman–Crippen LogP) is 6.19. The molecule has 0 radical (unpaired) electrons. The Morgan fingerprint density at radius 2 is 1.73 bits per heavy atom. The molecule has 30 heavy (non-hydrogen) atoms. The molecule has 0 saturated heterocycles. The quantitative estimate of drug-likeness (QED) is 0.407. The van der Waals surface area contributed by atoms with Gasteiger partial charge in [0.2, 0.25) is 0 Å². The first-order valence-corrected chi connectivity index (χ1v) is 11.4. The van der Waals surface area contributed by atoms with Crippen molar-refractivity contribution in [3.8, 4) is 0 Å². The van der Waals surface area contributed by atoms with Crippen LogP contribution in [0.25, 0.3) is 0 Å². The number of nitrogens with one attached hydrogen (secondary N) is 1. The van der Waals surface area contributed by atoms with Crippen molar-refractivity contribution in [2.75, 3.05) is 0 Å². The largest absolute Gasteiger partial charge is 0.342 e. The van der Waals surface area contributed by atoms with Gasteiger partial charge in [-0.3, -0.25) is 4.79 Å². The van der Waals surface area contributed by atoms with E-state index in [1.807, 2.05) is 37.6 Å². The normalized spacial score (nSPS) is 12.2. The van der Waals surface area contributed by atoms with Crippen molar-refractivity contribution in [3.63, 3.8) is 0 Å². The number of rotatable bonds is 7. The summed E-state index contributed by atoms with van der Waals surface area (Å²) in [5.41, 5.74) is 1.51. The summed E-state index contributed by atoms with van der Waals surface area (Å²) < 4.78 is 1.90. The molecule has 1 heterocycles. The summed E-state index contributed by atoms with van der Waals surface area (Å²) in [6, 6.07) is 11.9. The number of carbonyl (C=O) groups is 1. The van der Waals surface area contributed by atoms with E-state index in [0.717, 1.165) is 10.7 Å². The van der Waals surface area contributed by atoms with E-state index in [4.69, 9.17) is 34.8 Å². The Labute approximate surface area is 195 Å². The number of halogens is 3. The van der Waals surface area contributed by atoms with E-state index in [2.05, 4.69) is 15.5 Å². The van der Waals surface area contributed by atoms with Crippen LogP contribution in [0.1, 0.15) is 41.6 Å². The fourth-order valence-corrected chi connectivity index (χ4v) is 4.46. The van der Waals surface area contributed by atoms with Crippen LogP contribution >= 0.6 is 46.6 Å². The zero-order valence-corrected chi connectivity index (χ0v) is 19.8. The SMILES string of the molecule is CC(C)[C@@H](NC(=O)c1ccc(Cl)cc1)c1nnc(SCc2ccc(Cl)cc2Cl)n1C. The van der Waals surface area contributed by atoms with Crippen LogP contribution in [0.5, 0.6) is 0 Å². The predicted molar refractivity (Wildman–Crippen MR) is 124 cm³/mol. The van der Waals surface area contributed by atoms with Gasteiger partial charge in [0.05, 0.1) is 6.04 Å². The van der Waals surface area contributed by atoms with Crippen molar-refractivity contribution in [3.05, 3.63) is 74.5 Å². The van der Waals surface area contributed by atoms with Gasteiger partial charge in [-0.2, -0.15) is 0 Å². The van der Waals surface area contributed by atoms with Gasteiger partial charge in [-0.1, -0.05) is 66.5 Å². The molecule has 0 bridgehead atoms. The van der Waals surface area contributed by atoms with E-state index >= 15 is 0 Å². The maximum atomic E-state index is 12.7. The lowest BCUT2D eigenvalue weighted by Gasteiger charge is -2.21. The highest BCUT2D eigenvalue weighted by atomic mass is 35.5. The molecule has 0 unspecified atom stereocenters. The number of nitrogens with zero attached hydrogens (tertiary/aromatic N) is 3. The maximum absolute atomic E-state index is 12.7. The first-order valence-electron chi connectivity index (χ1n) is 9.28. The molecule has 0 saturated carbocycles. The van der Waals surface area contributed by atoms with E-state index < -0.39 is 0 Å². The summed E-state index contributed by atoms with van der Waals surface area (Å²) in [5, 5.41) is 14.3. The molecule has 3 rings (SSSR count). The second-order valence-electron chi connectivity index (χ2n) is 7.13. The topological polar surface area (TPSA) is 59.8 Å². The Kier molecular flexibility index (Phi) is 7.69. The van der Waals surface area contributed by atoms with E-state index in [-0.39, 0.29) is 17.9 Å². The minimum atomic E-state index is -0.292. The monoisotopic (exact) mass is 482 g/mol. The number of hydrogen-bond acceptors (Lipinski definition) is 4. The Bertz CT molecular complexity index is 1040. The fourth-order valence-electron chi connectivity index (χ4n) is 2.86. The van der Waals surface area contributed by atoms with Crippen molar-refractivity contribution in [2.24, 2.45) is 13.0 Å². The highest BCUT2D eigenvalue weighted by molar-refractivity contribution is 7.98. The molecule has 1 amide bonds. The minimum Gasteiger partial charge on any atom is -0.342 e. The van der Waals surface area contributed by atoms with Gasteiger partial charge < -0.3 is 9.88 Å². The molecule has 3 aromatic rings. The third kappa shape index (κ3) is 5.49. The Morgan fingerprint density at radius 3 is 2.37 bits per heavy atom. The molecule has 158 valence electrons. The van der Waals surface area contributed by atoms with E-state index in [9.17, 15) is 4.79 Å². The van der Waals surface area contributed by atoms with E-state index in [1.54, 1.807) is 30.3 Å². The highest BCUT2D eigenvalue weighted by Gasteiger charge is 2.25. The minimum absolute atomic E-state index is 0.118. The van der Waals surface area contributed by atoms with Crippen LogP contribution in [0.3, 0.4) is 0 Å². The Hall–Kier alpha value is -1.73. The summed E-state index contributed by atoms with van der Waals surface area (Å²) in [7, 11) is 1.89. The van der Waals surface area contributed by atoms with Crippen LogP contribution in [-0.2, 0) is 12.8 Å². The van der Waals surface area contributed by atoms with E-state index in [1.165, 1.54) is 11.8 Å². The van der Waals surface area contributed by atoms with E-state index in [0.29, 0.717) is 32.2 Å². The molecule has 1 N–H and O–H groups in total. The number of aromatic nitrogens is 3. The number of benzene rings is 2. The van der Waals surface area contributed by atoms with Crippen molar-refractivity contribution >= 4 is 52.5 Å². The van der Waals surface area contributed by atoms with Gasteiger partial charge in [0.15, 0.2) is 11.0 Å². The lowest BCUT2D eigenvalue weighted by Crippen LogP contribution is -2.33. The molecule has 0 aliphatic rings. The summed E-state index contributed by atoms with van der Waals surface area (Å²) in [6.45, 7) is 4.06.